The fourth-order valence-corrected chi connectivity index (χ4v) is 2.16. The molecule has 0 amide bonds. The summed E-state index contributed by atoms with van der Waals surface area (Å²) >= 11 is 0. The Bertz CT molecular complexity index is 341. The van der Waals surface area contributed by atoms with Gasteiger partial charge < -0.3 is 0 Å². The smallest absolute Gasteiger partial charge is 0.0125 e. The molecule has 0 radical (unpaired) electrons. The van der Waals surface area contributed by atoms with Crippen LogP contribution in [0.4, 0.5) is 0 Å². The fraction of sp³-hybridized carbons (Fsp3) is 0.556. The average Bonchev–Trinajstić information content (AvgIpc) is 2.30. The van der Waals surface area contributed by atoms with Gasteiger partial charge in [-0.3, -0.25) is 0 Å². The predicted molar refractivity (Wildman–Crippen MR) is 84.7 cm³/mol. The summed E-state index contributed by atoms with van der Waals surface area (Å²) in [4.78, 5) is 0. The van der Waals surface area contributed by atoms with E-state index in [4.69, 9.17) is 0 Å². The van der Waals surface area contributed by atoms with Gasteiger partial charge in [-0.1, -0.05) is 51.2 Å². The molecule has 0 aromatic carbocycles. The van der Waals surface area contributed by atoms with Crippen LogP contribution in [0.1, 0.15) is 53.9 Å². The summed E-state index contributed by atoms with van der Waals surface area (Å²) < 4.78 is 0. The second-order valence-electron chi connectivity index (χ2n) is 5.55. The molecule has 0 rings (SSSR count). The first kappa shape index (κ1) is 17.0. The van der Waals surface area contributed by atoms with Crippen LogP contribution in [-0.2, 0) is 0 Å². The molecule has 0 fully saturated rings. The maximum atomic E-state index is 4.32. The molecule has 102 valence electrons. The second-order valence-corrected chi connectivity index (χ2v) is 5.55. The minimum Gasteiger partial charge on any atom is -0.100 e. The Morgan fingerprint density at radius 2 is 1.61 bits per heavy atom. The lowest BCUT2D eigenvalue weighted by atomic mass is 9.80. The van der Waals surface area contributed by atoms with E-state index in [2.05, 4.69) is 60.4 Å². The van der Waals surface area contributed by atoms with Crippen molar-refractivity contribution < 1.29 is 0 Å². The normalized spacial score (nSPS) is 15.1. The van der Waals surface area contributed by atoms with Gasteiger partial charge in [0, 0.05) is 0 Å². The average molecular weight is 246 g/mol. The highest BCUT2D eigenvalue weighted by Crippen LogP contribution is 2.32. The first-order valence-electron chi connectivity index (χ1n) is 7.04. The summed E-state index contributed by atoms with van der Waals surface area (Å²) in [5.74, 6) is 1.07. The van der Waals surface area contributed by atoms with E-state index < -0.39 is 0 Å². The molecule has 0 aromatic rings. The lowest BCUT2D eigenvalue weighted by Gasteiger charge is -2.24. The third kappa shape index (κ3) is 5.53. The summed E-state index contributed by atoms with van der Waals surface area (Å²) in [6.07, 6.45) is 5.52. The van der Waals surface area contributed by atoms with E-state index in [-0.39, 0.29) is 0 Å². The zero-order valence-electron chi connectivity index (χ0n) is 13.0. The molecular formula is C18H30. The van der Waals surface area contributed by atoms with Gasteiger partial charge in [-0.15, -0.1) is 6.58 Å². The number of rotatable bonds is 8. The van der Waals surface area contributed by atoms with Crippen LogP contribution in [0, 0.1) is 11.8 Å². The van der Waals surface area contributed by atoms with Gasteiger partial charge in [0.25, 0.3) is 0 Å². The van der Waals surface area contributed by atoms with Crippen molar-refractivity contribution in [1.29, 1.82) is 0 Å². The van der Waals surface area contributed by atoms with Crippen LogP contribution in [0.3, 0.4) is 0 Å². The topological polar surface area (TPSA) is 0 Å². The van der Waals surface area contributed by atoms with Crippen molar-refractivity contribution in [2.45, 2.75) is 53.9 Å². The molecule has 0 aliphatic rings. The summed E-state index contributed by atoms with van der Waals surface area (Å²) in [7, 11) is 0. The van der Waals surface area contributed by atoms with Gasteiger partial charge >= 0.3 is 0 Å². The van der Waals surface area contributed by atoms with E-state index in [1.165, 1.54) is 16.7 Å². The van der Waals surface area contributed by atoms with E-state index in [0.29, 0.717) is 11.8 Å². The zero-order chi connectivity index (χ0) is 14.3. The molecule has 18 heavy (non-hydrogen) atoms. The van der Waals surface area contributed by atoms with E-state index in [1.807, 2.05) is 0 Å². The van der Waals surface area contributed by atoms with Crippen molar-refractivity contribution in [2.24, 2.45) is 11.8 Å². The highest BCUT2D eigenvalue weighted by atomic mass is 14.2. The molecule has 0 saturated heterocycles. The summed E-state index contributed by atoms with van der Waals surface area (Å²) in [6, 6.07) is 0. The molecule has 0 aromatic heterocycles. The Labute approximate surface area is 114 Å². The molecule has 0 heterocycles. The molecular weight excluding hydrogens is 216 g/mol. The van der Waals surface area contributed by atoms with Crippen LogP contribution in [0.25, 0.3) is 0 Å². The molecule has 0 nitrogen and oxygen atoms in total. The number of allylic oxidation sites excluding steroid dienone is 5. The Morgan fingerprint density at radius 1 is 1.06 bits per heavy atom. The largest absolute Gasteiger partial charge is 0.100 e. The summed E-state index contributed by atoms with van der Waals surface area (Å²) in [5.41, 5.74) is 5.00. The van der Waals surface area contributed by atoms with Gasteiger partial charge in [-0.25, -0.2) is 0 Å². The van der Waals surface area contributed by atoms with Crippen LogP contribution in [0.5, 0.6) is 0 Å². The van der Waals surface area contributed by atoms with Crippen molar-refractivity contribution in [2.75, 3.05) is 0 Å². The highest BCUT2D eigenvalue weighted by molar-refractivity contribution is 5.37. The Kier molecular flexibility index (Phi) is 7.66. The quantitative estimate of drug-likeness (QED) is 0.359. The van der Waals surface area contributed by atoms with Crippen molar-refractivity contribution in [3.05, 3.63) is 48.1 Å². The van der Waals surface area contributed by atoms with E-state index in [9.17, 15) is 0 Å². The lowest BCUT2D eigenvalue weighted by Crippen LogP contribution is -2.10. The molecule has 0 N–H and O–H groups in total. The number of hydrogen-bond acceptors (Lipinski definition) is 0. The molecule has 0 saturated carbocycles. The second kappa shape index (κ2) is 8.13. The van der Waals surface area contributed by atoms with Gasteiger partial charge in [0.1, 0.15) is 0 Å². The van der Waals surface area contributed by atoms with Crippen LogP contribution in [0.2, 0.25) is 0 Å². The van der Waals surface area contributed by atoms with Crippen LogP contribution in [0.15, 0.2) is 48.1 Å². The standard InChI is InChI=1S/C18H30/c1-9-15(7)16(8)18(12-14(5)6)17(10-2)11-13(3)4/h12,15,17H,3,5,8-11H2,1-2,4,6-7H3/b18-12+/t15?,17-/m1/s1. The van der Waals surface area contributed by atoms with Crippen LogP contribution >= 0.6 is 0 Å². The first-order valence-corrected chi connectivity index (χ1v) is 7.04. The monoisotopic (exact) mass is 246 g/mol. The fourth-order valence-electron chi connectivity index (χ4n) is 2.16. The minimum atomic E-state index is 0.528. The third-order valence-corrected chi connectivity index (χ3v) is 3.51. The van der Waals surface area contributed by atoms with Crippen molar-refractivity contribution in [3.8, 4) is 0 Å². The SMILES string of the molecule is C=C(C)/C=C(\C(=C)C(C)CC)[C@H](CC)CC(=C)C. The van der Waals surface area contributed by atoms with E-state index >= 15 is 0 Å². The predicted octanol–water partition coefficient (Wildman–Crippen LogP) is 6.08. The minimum absolute atomic E-state index is 0.528. The Hall–Kier alpha value is -1.04. The van der Waals surface area contributed by atoms with Gasteiger partial charge in [0.2, 0.25) is 0 Å². The summed E-state index contributed by atoms with van der Waals surface area (Å²) in [6.45, 7) is 23.2. The molecule has 0 heteroatoms. The Balaban J connectivity index is 5.27. The van der Waals surface area contributed by atoms with E-state index in [1.54, 1.807) is 0 Å². The first-order chi connectivity index (χ1) is 8.33. The van der Waals surface area contributed by atoms with Crippen molar-refractivity contribution in [3.63, 3.8) is 0 Å². The maximum absolute atomic E-state index is 4.32. The van der Waals surface area contributed by atoms with Crippen molar-refractivity contribution in [1.82, 2.24) is 0 Å². The molecule has 0 aliphatic carbocycles. The van der Waals surface area contributed by atoms with Gasteiger partial charge in [0.05, 0.1) is 0 Å². The van der Waals surface area contributed by atoms with Crippen molar-refractivity contribution >= 4 is 0 Å². The molecule has 0 spiro atoms. The number of hydrogen-bond donors (Lipinski definition) is 0. The van der Waals surface area contributed by atoms with Crippen LogP contribution < -0.4 is 0 Å². The van der Waals surface area contributed by atoms with Gasteiger partial charge in [-0.2, -0.15) is 0 Å². The van der Waals surface area contributed by atoms with Crippen LogP contribution in [-0.4, -0.2) is 0 Å². The third-order valence-electron chi connectivity index (χ3n) is 3.51. The summed E-state index contributed by atoms with van der Waals surface area (Å²) in [5, 5.41) is 0. The van der Waals surface area contributed by atoms with Gasteiger partial charge in [-0.05, 0) is 56.1 Å². The molecule has 1 unspecified atom stereocenters. The zero-order valence-corrected chi connectivity index (χ0v) is 13.0. The van der Waals surface area contributed by atoms with Gasteiger partial charge in [0.15, 0.2) is 0 Å². The highest BCUT2D eigenvalue weighted by Gasteiger charge is 2.18. The lowest BCUT2D eigenvalue weighted by molar-refractivity contribution is 0.560. The Morgan fingerprint density at radius 3 is 1.94 bits per heavy atom. The molecule has 0 aliphatic heterocycles. The maximum Gasteiger partial charge on any atom is -0.0125 e. The van der Waals surface area contributed by atoms with E-state index in [0.717, 1.165) is 24.8 Å². The molecule has 0 bridgehead atoms. The molecule has 2 atom stereocenters.